The molecule has 66 valence electrons. The second-order valence-electron chi connectivity index (χ2n) is 2.12. The molecule has 0 saturated heterocycles. The number of hydrogen-bond donors (Lipinski definition) is 0. The van der Waals surface area contributed by atoms with Crippen molar-refractivity contribution in [2.24, 2.45) is 0 Å². The van der Waals surface area contributed by atoms with E-state index in [1.807, 2.05) is 0 Å². The molecule has 1 aromatic rings. The fourth-order valence-electron chi connectivity index (χ4n) is 0.719. The van der Waals surface area contributed by atoms with Gasteiger partial charge in [-0.15, -0.1) is 0 Å². The predicted molar refractivity (Wildman–Crippen MR) is 51.9 cm³/mol. The summed E-state index contributed by atoms with van der Waals surface area (Å²) in [5, 5.41) is 0. The van der Waals surface area contributed by atoms with Crippen LogP contribution in [-0.4, -0.2) is 0 Å². The molecule has 0 radical (unpaired) electrons. The van der Waals surface area contributed by atoms with Crippen molar-refractivity contribution in [2.75, 3.05) is 0 Å². The van der Waals surface area contributed by atoms with E-state index in [0.717, 1.165) is 6.07 Å². The van der Waals surface area contributed by atoms with E-state index in [4.69, 9.17) is 0 Å². The summed E-state index contributed by atoms with van der Waals surface area (Å²) in [6, 6.07) is 3.88. The van der Waals surface area contributed by atoms with E-state index in [1.54, 1.807) is 22.6 Å². The van der Waals surface area contributed by atoms with Crippen LogP contribution in [0.15, 0.2) is 22.7 Å². The SMILES string of the molecule is FC(F)(F)c1ccc(Br)cc1I. The maximum atomic E-state index is 12.2. The largest absolute Gasteiger partial charge is 0.417 e. The van der Waals surface area contributed by atoms with Gasteiger partial charge in [-0.2, -0.15) is 13.2 Å². The van der Waals surface area contributed by atoms with E-state index in [0.29, 0.717) is 4.47 Å². The predicted octanol–water partition coefficient (Wildman–Crippen LogP) is 4.07. The van der Waals surface area contributed by atoms with E-state index in [2.05, 4.69) is 15.9 Å². The van der Waals surface area contributed by atoms with Crippen LogP contribution in [0.3, 0.4) is 0 Å². The molecule has 12 heavy (non-hydrogen) atoms. The zero-order valence-corrected chi connectivity index (χ0v) is 9.37. The van der Waals surface area contributed by atoms with Crippen LogP contribution in [0.25, 0.3) is 0 Å². The van der Waals surface area contributed by atoms with E-state index in [1.165, 1.54) is 12.1 Å². The van der Waals surface area contributed by atoms with Gasteiger partial charge in [0, 0.05) is 8.04 Å². The van der Waals surface area contributed by atoms with Crippen LogP contribution in [0.4, 0.5) is 13.2 Å². The number of hydrogen-bond acceptors (Lipinski definition) is 0. The Hall–Kier alpha value is 0.220. The summed E-state index contributed by atoms with van der Waals surface area (Å²) in [5.41, 5.74) is -0.591. The Labute approximate surface area is 89.4 Å². The van der Waals surface area contributed by atoms with Crippen molar-refractivity contribution in [3.63, 3.8) is 0 Å². The van der Waals surface area contributed by atoms with Crippen LogP contribution < -0.4 is 0 Å². The summed E-state index contributed by atoms with van der Waals surface area (Å²) >= 11 is 4.75. The van der Waals surface area contributed by atoms with Crippen LogP contribution in [0.2, 0.25) is 0 Å². The van der Waals surface area contributed by atoms with Crippen LogP contribution in [0.5, 0.6) is 0 Å². The average molecular weight is 351 g/mol. The van der Waals surface area contributed by atoms with Crippen molar-refractivity contribution in [2.45, 2.75) is 6.18 Å². The first-order valence-corrected chi connectivity index (χ1v) is 4.80. The van der Waals surface area contributed by atoms with Crippen LogP contribution in [0, 0.1) is 3.57 Å². The first-order chi connectivity index (χ1) is 5.41. The second kappa shape index (κ2) is 3.53. The van der Waals surface area contributed by atoms with Gasteiger partial charge in [0.05, 0.1) is 5.56 Å². The summed E-state index contributed by atoms with van der Waals surface area (Å²) in [4.78, 5) is 0. The minimum Gasteiger partial charge on any atom is -0.166 e. The van der Waals surface area contributed by atoms with Gasteiger partial charge in [0.25, 0.3) is 0 Å². The summed E-state index contributed by atoms with van der Waals surface area (Å²) in [6.45, 7) is 0. The normalized spacial score (nSPS) is 11.8. The van der Waals surface area contributed by atoms with Gasteiger partial charge in [-0.05, 0) is 40.8 Å². The third-order valence-corrected chi connectivity index (χ3v) is 2.62. The molecule has 5 heteroatoms. The van der Waals surface area contributed by atoms with Crippen molar-refractivity contribution in [3.8, 4) is 0 Å². The molecule has 0 aliphatic carbocycles. The molecule has 0 aliphatic heterocycles. The first kappa shape index (κ1) is 10.3. The molecule has 0 bridgehead atoms. The topological polar surface area (TPSA) is 0 Å². The van der Waals surface area contributed by atoms with Crippen LogP contribution in [-0.2, 0) is 6.18 Å². The molecule has 0 N–H and O–H groups in total. The lowest BCUT2D eigenvalue weighted by molar-refractivity contribution is -0.138. The molecule has 0 aromatic heterocycles. The smallest absolute Gasteiger partial charge is 0.166 e. The Morgan fingerprint density at radius 3 is 2.25 bits per heavy atom. The van der Waals surface area contributed by atoms with Crippen molar-refractivity contribution in [3.05, 3.63) is 31.8 Å². The molecule has 0 atom stereocenters. The molecule has 1 aromatic carbocycles. The van der Waals surface area contributed by atoms with Gasteiger partial charge in [0.2, 0.25) is 0 Å². The minimum absolute atomic E-state index is 0.203. The Morgan fingerprint density at radius 2 is 1.83 bits per heavy atom. The van der Waals surface area contributed by atoms with Crippen molar-refractivity contribution in [1.29, 1.82) is 0 Å². The molecule has 0 spiro atoms. The summed E-state index contributed by atoms with van der Waals surface area (Å²) in [6.07, 6.45) is -4.25. The second-order valence-corrected chi connectivity index (χ2v) is 4.20. The van der Waals surface area contributed by atoms with Gasteiger partial charge >= 0.3 is 6.18 Å². The Bertz CT molecular complexity index is 295. The highest BCUT2D eigenvalue weighted by molar-refractivity contribution is 14.1. The molecular weight excluding hydrogens is 348 g/mol. The lowest BCUT2D eigenvalue weighted by Crippen LogP contribution is -2.06. The lowest BCUT2D eigenvalue weighted by Gasteiger charge is -2.08. The average Bonchev–Trinajstić information content (AvgIpc) is 1.83. The van der Waals surface area contributed by atoms with Gasteiger partial charge < -0.3 is 0 Å². The monoisotopic (exact) mass is 350 g/mol. The maximum absolute atomic E-state index is 12.2. The van der Waals surface area contributed by atoms with E-state index >= 15 is 0 Å². The van der Waals surface area contributed by atoms with Crippen LogP contribution in [0.1, 0.15) is 5.56 Å². The zero-order chi connectivity index (χ0) is 9.35. The first-order valence-electron chi connectivity index (χ1n) is 2.93. The Balaban J connectivity index is 3.19. The number of rotatable bonds is 0. The molecule has 0 saturated carbocycles. The Morgan fingerprint density at radius 1 is 1.25 bits per heavy atom. The highest BCUT2D eigenvalue weighted by Gasteiger charge is 2.32. The standard InChI is InChI=1S/C7H3BrF3I/c8-4-1-2-5(6(12)3-4)7(9,10)11/h1-3H. The zero-order valence-electron chi connectivity index (χ0n) is 5.62. The van der Waals surface area contributed by atoms with Crippen molar-refractivity contribution in [1.82, 2.24) is 0 Å². The molecule has 0 heterocycles. The van der Waals surface area contributed by atoms with Gasteiger partial charge in [0.15, 0.2) is 0 Å². The van der Waals surface area contributed by atoms with E-state index < -0.39 is 11.7 Å². The maximum Gasteiger partial charge on any atom is 0.417 e. The number of alkyl halides is 3. The quantitative estimate of drug-likeness (QED) is 0.619. The molecule has 0 unspecified atom stereocenters. The van der Waals surface area contributed by atoms with Crippen LogP contribution >= 0.6 is 38.5 Å². The number of benzene rings is 1. The number of halogens is 5. The fourth-order valence-corrected chi connectivity index (χ4v) is 2.33. The third kappa shape index (κ3) is 2.35. The van der Waals surface area contributed by atoms with Gasteiger partial charge in [-0.3, -0.25) is 0 Å². The molecule has 0 amide bonds. The van der Waals surface area contributed by atoms with E-state index in [-0.39, 0.29) is 3.57 Å². The molecule has 0 nitrogen and oxygen atoms in total. The lowest BCUT2D eigenvalue weighted by atomic mass is 10.2. The summed E-state index contributed by atoms with van der Waals surface area (Å²) in [7, 11) is 0. The molecule has 0 fully saturated rings. The molecule has 0 aliphatic rings. The third-order valence-electron chi connectivity index (χ3n) is 1.24. The van der Waals surface area contributed by atoms with E-state index in [9.17, 15) is 13.2 Å². The Kier molecular flexibility index (Phi) is 3.03. The summed E-state index contributed by atoms with van der Waals surface area (Å²) < 4.78 is 37.3. The highest BCUT2D eigenvalue weighted by Crippen LogP contribution is 2.33. The summed E-state index contributed by atoms with van der Waals surface area (Å²) in [5.74, 6) is 0. The fraction of sp³-hybridized carbons (Fsp3) is 0.143. The van der Waals surface area contributed by atoms with Gasteiger partial charge in [-0.1, -0.05) is 15.9 Å². The molecule has 1 rings (SSSR count). The molecular formula is C7H3BrF3I. The van der Waals surface area contributed by atoms with Gasteiger partial charge in [0.1, 0.15) is 0 Å². The minimum atomic E-state index is -4.25. The van der Waals surface area contributed by atoms with Gasteiger partial charge in [-0.25, -0.2) is 0 Å². The van der Waals surface area contributed by atoms with Crippen molar-refractivity contribution < 1.29 is 13.2 Å². The highest BCUT2D eigenvalue weighted by atomic mass is 127. The van der Waals surface area contributed by atoms with Crippen molar-refractivity contribution >= 4 is 38.5 Å².